The van der Waals surface area contributed by atoms with Gasteiger partial charge in [-0.05, 0) is 67.5 Å². The van der Waals surface area contributed by atoms with Crippen LogP contribution in [0.3, 0.4) is 0 Å². The minimum absolute atomic E-state index is 0. The monoisotopic (exact) mass is 425 g/mol. The molecule has 0 saturated carbocycles. The van der Waals surface area contributed by atoms with Gasteiger partial charge in [-0.3, -0.25) is 0 Å². The summed E-state index contributed by atoms with van der Waals surface area (Å²) < 4.78 is 0. The Bertz CT molecular complexity index is 431. The molecule has 0 heterocycles. The molecule has 4 heteroatoms. The van der Waals surface area contributed by atoms with Gasteiger partial charge < -0.3 is 0 Å². The molecule has 0 atom stereocenters. The molecule has 25 heavy (non-hydrogen) atoms. The van der Waals surface area contributed by atoms with E-state index in [4.69, 9.17) is 5.26 Å². The zero-order chi connectivity index (χ0) is 18.7. The summed E-state index contributed by atoms with van der Waals surface area (Å²) in [6.45, 7) is 19.5. The second kappa shape index (κ2) is 15.2. The van der Waals surface area contributed by atoms with E-state index in [0.29, 0.717) is 5.56 Å². The first-order valence-corrected chi connectivity index (χ1v) is 13.1. The molecule has 146 valence electrons. The summed E-state index contributed by atoms with van der Waals surface area (Å²) in [4.78, 5) is 0. The summed E-state index contributed by atoms with van der Waals surface area (Å²) in [5, 5.41) is 8.29. The minimum Gasteiger partial charge on any atom is -0.192 e. The smallest absolute Gasteiger partial charge is 0.0991 e. The van der Waals surface area contributed by atoms with Gasteiger partial charge >= 0.3 is 0 Å². The van der Waals surface area contributed by atoms with E-state index in [9.17, 15) is 0 Å². The first-order valence-electron chi connectivity index (χ1n) is 9.36. The van der Waals surface area contributed by atoms with E-state index in [0.717, 1.165) is 22.6 Å². The van der Waals surface area contributed by atoms with Crippen LogP contribution in [0.5, 0.6) is 0 Å². The van der Waals surface area contributed by atoms with Crippen molar-refractivity contribution in [3.8, 4) is 6.07 Å². The molecule has 0 aliphatic heterocycles. The van der Waals surface area contributed by atoms with Crippen molar-refractivity contribution in [2.45, 2.75) is 78.0 Å². The van der Waals surface area contributed by atoms with Crippen molar-refractivity contribution >= 4 is 15.8 Å². The van der Waals surface area contributed by atoms with Crippen molar-refractivity contribution in [3.05, 3.63) is 35.9 Å². The number of hydrogen-bond donors (Lipinski definition) is 0. The summed E-state index contributed by atoms with van der Waals surface area (Å²) in [5.74, 6) is 0. The Morgan fingerprint density at radius 2 is 1.04 bits per heavy atom. The van der Waals surface area contributed by atoms with Crippen LogP contribution in [-0.4, -0.2) is 35.0 Å². The van der Waals surface area contributed by atoms with Crippen LogP contribution in [0.4, 0.5) is 0 Å². The zero-order valence-corrected chi connectivity index (χ0v) is 20.4. The quantitative estimate of drug-likeness (QED) is 0.356. The maximum atomic E-state index is 8.29. The fraction of sp³-hybridized carbons (Fsp3) is 0.667. The third-order valence-corrected chi connectivity index (χ3v) is 12.7. The summed E-state index contributed by atoms with van der Waals surface area (Å²) in [6.07, 6.45) is 3.12. The molecular formula is C21H39NNiP2+2. The molecule has 0 bridgehead atoms. The Labute approximate surface area is 169 Å². The van der Waals surface area contributed by atoms with Gasteiger partial charge in [-0.1, -0.05) is 18.2 Å². The Balaban J connectivity index is 0. The molecule has 0 N–H and O–H groups in total. The molecule has 0 amide bonds. The van der Waals surface area contributed by atoms with E-state index in [1.807, 2.05) is 24.3 Å². The predicted molar refractivity (Wildman–Crippen MR) is 118 cm³/mol. The molecule has 0 unspecified atom stereocenters. The standard InChI is InChI=1S/C14H32P2.C7H5N.Ni/c1-11(2)15(12(3)4)9-10-16(13(5)6)14(7)8;8-6-7-4-2-1-3-5-7;/h11-14H,9-10H2,1-8H3;1-5H;/p+2. The van der Waals surface area contributed by atoms with Crippen LogP contribution in [0, 0.1) is 11.3 Å². The van der Waals surface area contributed by atoms with Crippen LogP contribution in [-0.2, 0) is 16.5 Å². The third kappa shape index (κ3) is 12.1. The van der Waals surface area contributed by atoms with Gasteiger partial charge in [0.2, 0.25) is 0 Å². The van der Waals surface area contributed by atoms with Gasteiger partial charge in [0.05, 0.1) is 46.6 Å². The number of rotatable bonds is 7. The fourth-order valence-electron chi connectivity index (χ4n) is 3.29. The molecular weight excluding hydrogens is 387 g/mol. The van der Waals surface area contributed by atoms with Gasteiger partial charge in [-0.25, -0.2) is 0 Å². The molecule has 1 aromatic rings. The van der Waals surface area contributed by atoms with E-state index in [2.05, 4.69) is 55.4 Å². The van der Waals surface area contributed by atoms with Crippen LogP contribution >= 0.6 is 15.8 Å². The molecule has 0 spiro atoms. The molecule has 0 aliphatic carbocycles. The SMILES string of the molecule is CC(C)[PH+](CC[PH+](C(C)C)C(C)C)C(C)C.N#Cc1ccccc1.[Ni]. The number of hydrogen-bond acceptors (Lipinski definition) is 1. The zero-order valence-electron chi connectivity index (χ0n) is 17.4. The van der Waals surface area contributed by atoms with Crippen molar-refractivity contribution in [1.29, 1.82) is 5.26 Å². The first-order chi connectivity index (χ1) is 11.2. The fourth-order valence-corrected chi connectivity index (χ4v) is 10.6. The van der Waals surface area contributed by atoms with Crippen molar-refractivity contribution in [2.75, 3.05) is 12.3 Å². The van der Waals surface area contributed by atoms with E-state index in [1.54, 1.807) is 24.5 Å². The Kier molecular flexibility index (Phi) is 16.5. The molecule has 1 rings (SSSR count). The van der Waals surface area contributed by atoms with Gasteiger partial charge in [0.25, 0.3) is 0 Å². The van der Waals surface area contributed by atoms with Crippen molar-refractivity contribution < 1.29 is 16.5 Å². The summed E-state index contributed by atoms with van der Waals surface area (Å²) >= 11 is 0. The average Bonchev–Trinajstić information content (AvgIpc) is 2.51. The molecule has 0 radical (unpaired) electrons. The Morgan fingerprint density at radius 1 is 0.720 bits per heavy atom. The molecule has 0 saturated heterocycles. The normalized spacial score (nSPS) is 10.9. The van der Waals surface area contributed by atoms with Gasteiger partial charge in [0, 0.05) is 32.3 Å². The maximum Gasteiger partial charge on any atom is 0.0991 e. The molecule has 1 nitrogen and oxygen atoms in total. The Morgan fingerprint density at radius 3 is 1.24 bits per heavy atom. The molecule has 1 aromatic carbocycles. The largest absolute Gasteiger partial charge is 0.192 e. The van der Waals surface area contributed by atoms with Crippen molar-refractivity contribution in [1.82, 2.24) is 0 Å². The predicted octanol–water partition coefficient (Wildman–Crippen LogP) is 6.60. The topological polar surface area (TPSA) is 23.8 Å². The van der Waals surface area contributed by atoms with Crippen LogP contribution in [0.15, 0.2) is 30.3 Å². The summed E-state index contributed by atoms with van der Waals surface area (Å²) in [6, 6.07) is 11.2. The molecule has 0 aromatic heterocycles. The van der Waals surface area contributed by atoms with Gasteiger partial charge in [0.15, 0.2) is 0 Å². The van der Waals surface area contributed by atoms with Crippen molar-refractivity contribution in [3.63, 3.8) is 0 Å². The first kappa shape index (κ1) is 27.3. The second-order valence-corrected chi connectivity index (χ2v) is 15.7. The summed E-state index contributed by atoms with van der Waals surface area (Å²) in [7, 11) is -0.229. The molecule has 0 fully saturated rings. The van der Waals surface area contributed by atoms with E-state index in [-0.39, 0.29) is 32.3 Å². The molecule has 0 aliphatic rings. The van der Waals surface area contributed by atoms with Crippen LogP contribution in [0.1, 0.15) is 61.0 Å². The average molecular weight is 426 g/mol. The van der Waals surface area contributed by atoms with E-state index < -0.39 is 0 Å². The maximum absolute atomic E-state index is 8.29. The summed E-state index contributed by atoms with van der Waals surface area (Å²) in [5.41, 5.74) is 4.52. The van der Waals surface area contributed by atoms with Crippen LogP contribution in [0.25, 0.3) is 0 Å². The third-order valence-electron chi connectivity index (χ3n) is 4.57. The Hall–Kier alpha value is 0.0635. The van der Waals surface area contributed by atoms with Crippen molar-refractivity contribution in [2.24, 2.45) is 0 Å². The van der Waals surface area contributed by atoms with E-state index in [1.165, 1.54) is 0 Å². The van der Waals surface area contributed by atoms with Gasteiger partial charge in [-0.2, -0.15) is 5.26 Å². The van der Waals surface area contributed by atoms with Gasteiger partial charge in [0.1, 0.15) is 0 Å². The number of benzene rings is 1. The van der Waals surface area contributed by atoms with E-state index >= 15 is 0 Å². The number of nitriles is 1. The second-order valence-electron chi connectivity index (χ2n) is 7.75. The number of nitrogens with zero attached hydrogens (tertiary/aromatic N) is 1. The van der Waals surface area contributed by atoms with Crippen LogP contribution < -0.4 is 0 Å². The minimum atomic E-state index is -0.114. The van der Waals surface area contributed by atoms with Crippen LogP contribution in [0.2, 0.25) is 0 Å². The van der Waals surface area contributed by atoms with Gasteiger partial charge in [-0.15, -0.1) is 0 Å².